The number of anilines is 1. The second-order valence-electron chi connectivity index (χ2n) is 7.31. The summed E-state index contributed by atoms with van der Waals surface area (Å²) in [5.74, 6) is -1.09. The molecule has 1 amide bonds. The van der Waals surface area contributed by atoms with Gasteiger partial charge in [-0.25, -0.2) is 4.79 Å². The van der Waals surface area contributed by atoms with Gasteiger partial charge in [-0.2, -0.15) is 0 Å². The summed E-state index contributed by atoms with van der Waals surface area (Å²) in [6, 6.07) is 11.5. The minimum Gasteiger partial charge on any atom is -0.466 e. The van der Waals surface area contributed by atoms with E-state index in [-0.39, 0.29) is 30.9 Å². The van der Waals surface area contributed by atoms with Gasteiger partial charge in [0.1, 0.15) is 4.88 Å². The number of amides is 1. The fraction of sp³-hybridized carbons (Fsp3) is 0.435. The highest BCUT2D eigenvalue weighted by Gasteiger charge is 2.28. The van der Waals surface area contributed by atoms with Crippen LogP contribution >= 0.6 is 11.3 Å². The number of thiophene rings is 1. The molecule has 0 aliphatic carbocycles. The lowest BCUT2D eigenvalue weighted by atomic mass is 9.98. The standard InChI is InChI=1S/C23H28N2O5S/c1-3-29-22(27)17-11-8-12-25(14-17)15-20(26)24-18-13-19(16-9-6-5-7-10-16)31-21(18)23(28)30-4-2/h5-7,9-10,13,17H,3-4,8,11-12,14-15H2,1-2H3,(H,24,26)/t17-/m1/s1. The van der Waals surface area contributed by atoms with Crippen molar-refractivity contribution in [2.45, 2.75) is 26.7 Å². The molecule has 1 aliphatic heterocycles. The largest absolute Gasteiger partial charge is 0.466 e. The summed E-state index contributed by atoms with van der Waals surface area (Å²) in [4.78, 5) is 40.4. The summed E-state index contributed by atoms with van der Waals surface area (Å²) in [6.07, 6.45) is 1.61. The molecule has 1 fully saturated rings. The molecule has 2 heterocycles. The Bertz CT molecular complexity index is 912. The van der Waals surface area contributed by atoms with Crippen LogP contribution in [0.2, 0.25) is 0 Å². The van der Waals surface area contributed by atoms with E-state index in [0.29, 0.717) is 23.7 Å². The lowest BCUT2D eigenvalue weighted by Gasteiger charge is -2.30. The maximum Gasteiger partial charge on any atom is 0.350 e. The molecular weight excluding hydrogens is 416 g/mol. The quantitative estimate of drug-likeness (QED) is 0.624. The summed E-state index contributed by atoms with van der Waals surface area (Å²) in [5.41, 5.74) is 1.41. The number of esters is 2. The van der Waals surface area contributed by atoms with Crippen molar-refractivity contribution in [1.82, 2.24) is 4.90 Å². The van der Waals surface area contributed by atoms with Crippen molar-refractivity contribution in [3.05, 3.63) is 41.3 Å². The first kappa shape index (κ1) is 23.0. The smallest absolute Gasteiger partial charge is 0.350 e. The molecule has 1 atom stereocenters. The molecule has 8 heteroatoms. The topological polar surface area (TPSA) is 84.9 Å². The first-order valence-corrected chi connectivity index (χ1v) is 11.4. The Morgan fingerprint density at radius 1 is 1.13 bits per heavy atom. The number of hydrogen-bond donors (Lipinski definition) is 1. The highest BCUT2D eigenvalue weighted by atomic mass is 32.1. The normalized spacial score (nSPS) is 16.5. The van der Waals surface area contributed by atoms with Gasteiger partial charge in [-0.3, -0.25) is 14.5 Å². The second-order valence-corrected chi connectivity index (χ2v) is 8.37. The van der Waals surface area contributed by atoms with Crippen LogP contribution in [0, 0.1) is 5.92 Å². The third-order valence-electron chi connectivity index (χ3n) is 5.02. The van der Waals surface area contributed by atoms with Gasteiger partial charge in [-0.15, -0.1) is 11.3 Å². The maximum atomic E-state index is 12.7. The van der Waals surface area contributed by atoms with Crippen molar-refractivity contribution in [3.8, 4) is 10.4 Å². The highest BCUT2D eigenvalue weighted by Crippen LogP contribution is 2.35. The Kier molecular flexibility index (Phi) is 8.20. The molecule has 31 heavy (non-hydrogen) atoms. The van der Waals surface area contributed by atoms with Crippen LogP contribution in [-0.4, -0.2) is 55.6 Å². The van der Waals surface area contributed by atoms with Crippen LogP contribution in [0.3, 0.4) is 0 Å². The highest BCUT2D eigenvalue weighted by molar-refractivity contribution is 7.18. The van der Waals surface area contributed by atoms with Crippen LogP contribution in [0.25, 0.3) is 10.4 Å². The van der Waals surface area contributed by atoms with E-state index in [1.165, 1.54) is 11.3 Å². The molecule has 0 spiro atoms. The van der Waals surface area contributed by atoms with Gasteiger partial charge in [-0.05, 0) is 44.9 Å². The van der Waals surface area contributed by atoms with Gasteiger partial charge in [0.05, 0.1) is 31.4 Å². The monoisotopic (exact) mass is 444 g/mol. The average molecular weight is 445 g/mol. The number of rotatable bonds is 8. The van der Waals surface area contributed by atoms with Crippen molar-refractivity contribution in [1.29, 1.82) is 0 Å². The molecular formula is C23H28N2O5S. The SMILES string of the molecule is CCOC(=O)c1sc(-c2ccccc2)cc1NC(=O)CN1CCC[C@@H](C(=O)OCC)C1. The van der Waals surface area contributed by atoms with Gasteiger partial charge >= 0.3 is 11.9 Å². The number of piperidine rings is 1. The van der Waals surface area contributed by atoms with Crippen molar-refractivity contribution >= 4 is 34.9 Å². The number of ether oxygens (including phenoxy) is 2. The van der Waals surface area contributed by atoms with Crippen LogP contribution in [0.4, 0.5) is 5.69 Å². The van der Waals surface area contributed by atoms with Gasteiger partial charge < -0.3 is 14.8 Å². The second kappa shape index (κ2) is 11.1. The molecule has 0 radical (unpaired) electrons. The zero-order chi connectivity index (χ0) is 22.2. The molecule has 1 aromatic heterocycles. The first-order valence-electron chi connectivity index (χ1n) is 10.6. The van der Waals surface area contributed by atoms with Crippen LogP contribution < -0.4 is 5.32 Å². The van der Waals surface area contributed by atoms with E-state index < -0.39 is 5.97 Å². The van der Waals surface area contributed by atoms with E-state index in [9.17, 15) is 14.4 Å². The molecule has 0 unspecified atom stereocenters. The number of nitrogens with zero attached hydrogens (tertiary/aromatic N) is 1. The van der Waals surface area contributed by atoms with E-state index in [1.54, 1.807) is 13.8 Å². The predicted octanol–water partition coefficient (Wildman–Crippen LogP) is 3.81. The van der Waals surface area contributed by atoms with Gasteiger partial charge in [-0.1, -0.05) is 30.3 Å². The van der Waals surface area contributed by atoms with Crippen LogP contribution in [0.5, 0.6) is 0 Å². The lowest BCUT2D eigenvalue weighted by molar-refractivity contribution is -0.150. The lowest BCUT2D eigenvalue weighted by Crippen LogP contribution is -2.43. The summed E-state index contributed by atoms with van der Waals surface area (Å²) in [6.45, 7) is 5.54. The fourth-order valence-corrected chi connectivity index (χ4v) is 4.63. The zero-order valence-corrected chi connectivity index (χ0v) is 18.7. The molecule has 0 bridgehead atoms. The zero-order valence-electron chi connectivity index (χ0n) is 17.9. The number of carbonyl (C=O) groups excluding carboxylic acids is 3. The Hall–Kier alpha value is -2.71. The van der Waals surface area contributed by atoms with Crippen LogP contribution in [0.15, 0.2) is 36.4 Å². The van der Waals surface area contributed by atoms with Crippen LogP contribution in [-0.2, 0) is 19.1 Å². The fourth-order valence-electron chi connectivity index (χ4n) is 3.62. The molecule has 1 saturated heterocycles. The number of nitrogens with one attached hydrogen (secondary N) is 1. The maximum absolute atomic E-state index is 12.7. The number of likely N-dealkylation sites (tertiary alicyclic amines) is 1. The van der Waals surface area contributed by atoms with E-state index in [4.69, 9.17) is 9.47 Å². The number of hydrogen-bond acceptors (Lipinski definition) is 7. The van der Waals surface area contributed by atoms with Gasteiger partial charge in [0.2, 0.25) is 5.91 Å². The number of benzene rings is 1. The van der Waals surface area contributed by atoms with E-state index in [2.05, 4.69) is 5.32 Å². The minimum absolute atomic E-state index is 0.148. The first-order chi connectivity index (χ1) is 15.0. The molecule has 1 N–H and O–H groups in total. The van der Waals surface area contributed by atoms with Crippen molar-refractivity contribution in [2.24, 2.45) is 5.92 Å². The minimum atomic E-state index is -0.453. The number of carbonyl (C=O) groups is 3. The van der Waals surface area contributed by atoms with Crippen molar-refractivity contribution in [2.75, 3.05) is 38.2 Å². The third-order valence-corrected chi connectivity index (χ3v) is 6.18. The Morgan fingerprint density at radius 2 is 1.87 bits per heavy atom. The Labute approximate surface area is 186 Å². The third kappa shape index (κ3) is 6.15. The van der Waals surface area contributed by atoms with Gasteiger partial charge in [0.15, 0.2) is 0 Å². The molecule has 1 aliphatic rings. The summed E-state index contributed by atoms with van der Waals surface area (Å²) in [7, 11) is 0. The predicted molar refractivity (Wildman–Crippen MR) is 120 cm³/mol. The molecule has 2 aromatic rings. The summed E-state index contributed by atoms with van der Waals surface area (Å²) >= 11 is 1.29. The molecule has 166 valence electrons. The molecule has 7 nitrogen and oxygen atoms in total. The van der Waals surface area contributed by atoms with Crippen molar-refractivity contribution in [3.63, 3.8) is 0 Å². The summed E-state index contributed by atoms with van der Waals surface area (Å²) < 4.78 is 10.3. The van der Waals surface area contributed by atoms with E-state index in [1.807, 2.05) is 41.3 Å². The Morgan fingerprint density at radius 3 is 2.58 bits per heavy atom. The molecule has 1 aromatic carbocycles. The van der Waals surface area contributed by atoms with Crippen molar-refractivity contribution < 1.29 is 23.9 Å². The van der Waals surface area contributed by atoms with Gasteiger partial charge in [0, 0.05) is 11.4 Å². The van der Waals surface area contributed by atoms with Crippen LogP contribution in [0.1, 0.15) is 36.4 Å². The summed E-state index contributed by atoms with van der Waals surface area (Å²) in [5, 5.41) is 2.87. The van der Waals surface area contributed by atoms with E-state index >= 15 is 0 Å². The van der Waals surface area contributed by atoms with Gasteiger partial charge in [0.25, 0.3) is 0 Å². The molecule has 3 rings (SSSR count). The molecule has 0 saturated carbocycles. The van der Waals surface area contributed by atoms with E-state index in [0.717, 1.165) is 29.8 Å². The average Bonchev–Trinajstić information content (AvgIpc) is 3.18. The Balaban J connectivity index is 1.70.